The van der Waals surface area contributed by atoms with Crippen LogP contribution in [0, 0.1) is 0 Å². The minimum absolute atomic E-state index is 0.0713. The van der Waals surface area contributed by atoms with Crippen LogP contribution in [-0.4, -0.2) is 35.9 Å². The maximum Gasteiger partial charge on any atom is 0.242 e. The highest BCUT2D eigenvalue weighted by Crippen LogP contribution is 2.16. The first-order chi connectivity index (χ1) is 13.4. The maximum atomic E-state index is 13.1. The van der Waals surface area contributed by atoms with Gasteiger partial charge in [0.1, 0.15) is 11.8 Å². The number of rotatable bonds is 9. The summed E-state index contributed by atoms with van der Waals surface area (Å²) in [4.78, 5) is 27.4. The largest absolute Gasteiger partial charge is 0.497 e. The molecule has 150 valence electrons. The van der Waals surface area contributed by atoms with E-state index in [1.54, 1.807) is 18.9 Å². The molecule has 0 aromatic heterocycles. The second-order valence-electron chi connectivity index (χ2n) is 7.03. The van der Waals surface area contributed by atoms with Crippen molar-refractivity contribution in [2.45, 2.75) is 52.2 Å². The van der Waals surface area contributed by atoms with Crippen LogP contribution in [0.3, 0.4) is 0 Å². The number of ether oxygens (including phenoxy) is 1. The van der Waals surface area contributed by atoms with E-state index in [0.29, 0.717) is 6.54 Å². The van der Waals surface area contributed by atoms with Crippen molar-refractivity contribution in [1.82, 2.24) is 10.2 Å². The number of amides is 2. The van der Waals surface area contributed by atoms with Crippen molar-refractivity contribution in [1.29, 1.82) is 0 Å². The Kier molecular flexibility index (Phi) is 8.05. The van der Waals surface area contributed by atoms with E-state index in [4.69, 9.17) is 4.74 Å². The summed E-state index contributed by atoms with van der Waals surface area (Å²) in [5.74, 6) is 0.548. The summed E-state index contributed by atoms with van der Waals surface area (Å²) < 4.78 is 5.20. The molecule has 0 aliphatic carbocycles. The molecular formula is C23H30N2O3. The van der Waals surface area contributed by atoms with E-state index in [1.165, 1.54) is 0 Å². The molecule has 28 heavy (non-hydrogen) atoms. The van der Waals surface area contributed by atoms with Crippen LogP contribution in [0.4, 0.5) is 0 Å². The zero-order valence-corrected chi connectivity index (χ0v) is 17.1. The van der Waals surface area contributed by atoms with Crippen LogP contribution < -0.4 is 10.1 Å². The summed E-state index contributed by atoms with van der Waals surface area (Å²) in [5, 5.41) is 2.98. The lowest BCUT2D eigenvalue weighted by Gasteiger charge is -2.30. The van der Waals surface area contributed by atoms with E-state index < -0.39 is 6.04 Å². The smallest absolute Gasteiger partial charge is 0.242 e. The van der Waals surface area contributed by atoms with Crippen LogP contribution in [0.5, 0.6) is 5.75 Å². The van der Waals surface area contributed by atoms with Gasteiger partial charge in [-0.3, -0.25) is 9.59 Å². The number of carbonyl (C=O) groups excluding carboxylic acids is 2. The van der Waals surface area contributed by atoms with Crippen LogP contribution in [0.2, 0.25) is 0 Å². The van der Waals surface area contributed by atoms with Gasteiger partial charge in [-0.2, -0.15) is 0 Å². The average molecular weight is 383 g/mol. The number of carbonyl (C=O) groups is 2. The molecule has 2 aromatic rings. The third kappa shape index (κ3) is 6.12. The molecule has 2 atom stereocenters. The molecule has 0 fully saturated rings. The molecule has 0 bridgehead atoms. The lowest BCUT2D eigenvalue weighted by molar-refractivity contribution is -0.140. The van der Waals surface area contributed by atoms with Crippen molar-refractivity contribution in [2.75, 3.05) is 7.11 Å². The van der Waals surface area contributed by atoms with E-state index in [2.05, 4.69) is 5.32 Å². The van der Waals surface area contributed by atoms with Crippen LogP contribution >= 0.6 is 0 Å². The van der Waals surface area contributed by atoms with Gasteiger partial charge >= 0.3 is 0 Å². The minimum Gasteiger partial charge on any atom is -0.497 e. The predicted octanol–water partition coefficient (Wildman–Crippen LogP) is 3.57. The van der Waals surface area contributed by atoms with E-state index >= 15 is 0 Å². The van der Waals surface area contributed by atoms with Crippen molar-refractivity contribution < 1.29 is 14.3 Å². The third-order valence-corrected chi connectivity index (χ3v) is 4.88. The van der Waals surface area contributed by atoms with Gasteiger partial charge in [-0.1, -0.05) is 49.4 Å². The molecule has 5 nitrogen and oxygen atoms in total. The second-order valence-corrected chi connectivity index (χ2v) is 7.03. The summed E-state index contributed by atoms with van der Waals surface area (Å²) in [7, 11) is 1.62. The van der Waals surface area contributed by atoms with Crippen LogP contribution in [0.1, 0.15) is 38.3 Å². The highest BCUT2D eigenvalue weighted by atomic mass is 16.5. The first-order valence-corrected chi connectivity index (χ1v) is 9.71. The summed E-state index contributed by atoms with van der Waals surface area (Å²) in [6.07, 6.45) is 1.10. The fourth-order valence-corrected chi connectivity index (χ4v) is 2.85. The molecule has 0 saturated heterocycles. The monoisotopic (exact) mass is 382 g/mol. The fraction of sp³-hybridized carbons (Fsp3) is 0.391. The zero-order valence-electron chi connectivity index (χ0n) is 17.1. The van der Waals surface area contributed by atoms with Gasteiger partial charge < -0.3 is 15.0 Å². The summed E-state index contributed by atoms with van der Waals surface area (Å²) >= 11 is 0. The molecule has 0 heterocycles. The van der Waals surface area contributed by atoms with E-state index in [1.807, 2.05) is 68.4 Å². The number of methoxy groups -OCH3 is 1. The van der Waals surface area contributed by atoms with Crippen molar-refractivity contribution >= 4 is 11.8 Å². The van der Waals surface area contributed by atoms with Crippen LogP contribution in [-0.2, 0) is 22.6 Å². The first kappa shape index (κ1) is 21.5. The standard InChI is InChI=1S/C23H30N2O3/c1-5-17(2)24-23(27)18(3)25(16-20-11-13-21(28-4)14-12-20)22(26)15-19-9-7-6-8-10-19/h6-14,17-18H,5,15-16H2,1-4H3,(H,24,27)/t17-,18+/m1/s1. The molecular weight excluding hydrogens is 352 g/mol. The molecule has 0 aliphatic heterocycles. The molecule has 2 aromatic carbocycles. The molecule has 0 radical (unpaired) electrons. The molecule has 0 unspecified atom stereocenters. The molecule has 0 saturated carbocycles. The Bertz CT molecular complexity index is 759. The summed E-state index contributed by atoms with van der Waals surface area (Å²) in [6, 6.07) is 16.7. The predicted molar refractivity (Wildman–Crippen MR) is 111 cm³/mol. The van der Waals surface area contributed by atoms with Gasteiger partial charge in [0.05, 0.1) is 13.5 Å². The Morgan fingerprint density at radius 1 is 1.00 bits per heavy atom. The first-order valence-electron chi connectivity index (χ1n) is 9.71. The van der Waals surface area contributed by atoms with E-state index in [0.717, 1.165) is 23.3 Å². The van der Waals surface area contributed by atoms with Gasteiger partial charge in [-0.15, -0.1) is 0 Å². The molecule has 0 spiro atoms. The van der Waals surface area contributed by atoms with Gasteiger partial charge in [0, 0.05) is 12.6 Å². The van der Waals surface area contributed by atoms with Crippen LogP contribution in [0.15, 0.2) is 54.6 Å². The highest BCUT2D eigenvalue weighted by molar-refractivity contribution is 5.88. The van der Waals surface area contributed by atoms with Crippen molar-refractivity contribution in [3.8, 4) is 5.75 Å². The second kappa shape index (κ2) is 10.5. The fourth-order valence-electron chi connectivity index (χ4n) is 2.85. The summed E-state index contributed by atoms with van der Waals surface area (Å²) in [5.41, 5.74) is 1.88. The number of nitrogens with zero attached hydrogens (tertiary/aromatic N) is 1. The number of hydrogen-bond acceptors (Lipinski definition) is 3. The Morgan fingerprint density at radius 3 is 2.21 bits per heavy atom. The molecule has 2 amide bonds. The molecule has 5 heteroatoms. The Balaban J connectivity index is 2.20. The quantitative estimate of drug-likeness (QED) is 0.721. The van der Waals surface area contributed by atoms with Crippen molar-refractivity contribution in [3.05, 3.63) is 65.7 Å². The molecule has 0 aliphatic rings. The van der Waals surface area contributed by atoms with Gasteiger partial charge in [0.25, 0.3) is 0 Å². The van der Waals surface area contributed by atoms with Crippen LogP contribution in [0.25, 0.3) is 0 Å². The molecule has 1 N–H and O–H groups in total. The van der Waals surface area contributed by atoms with Gasteiger partial charge in [-0.25, -0.2) is 0 Å². The third-order valence-electron chi connectivity index (χ3n) is 4.88. The lowest BCUT2D eigenvalue weighted by Crippen LogP contribution is -2.49. The van der Waals surface area contributed by atoms with Crippen molar-refractivity contribution in [3.63, 3.8) is 0 Å². The average Bonchev–Trinajstić information content (AvgIpc) is 2.72. The lowest BCUT2D eigenvalue weighted by atomic mass is 10.1. The van der Waals surface area contributed by atoms with E-state index in [-0.39, 0.29) is 24.3 Å². The van der Waals surface area contributed by atoms with E-state index in [9.17, 15) is 9.59 Å². The normalized spacial score (nSPS) is 12.7. The number of hydrogen-bond donors (Lipinski definition) is 1. The van der Waals surface area contributed by atoms with Gasteiger partial charge in [0.15, 0.2) is 0 Å². The maximum absolute atomic E-state index is 13.1. The number of benzene rings is 2. The van der Waals surface area contributed by atoms with Gasteiger partial charge in [0.2, 0.25) is 11.8 Å². The highest BCUT2D eigenvalue weighted by Gasteiger charge is 2.26. The summed E-state index contributed by atoms with van der Waals surface area (Å²) in [6.45, 7) is 6.13. The topological polar surface area (TPSA) is 58.6 Å². The minimum atomic E-state index is -0.563. The SMILES string of the molecule is CC[C@@H](C)NC(=O)[C@H](C)N(Cc1ccc(OC)cc1)C(=O)Cc1ccccc1. The van der Waals surface area contributed by atoms with Crippen molar-refractivity contribution in [2.24, 2.45) is 0 Å². The van der Waals surface area contributed by atoms with Gasteiger partial charge in [-0.05, 0) is 43.5 Å². The number of nitrogens with one attached hydrogen (secondary N) is 1. The Hall–Kier alpha value is -2.82. The molecule has 2 rings (SSSR count). The Labute approximate surface area is 167 Å². The Morgan fingerprint density at radius 2 is 1.64 bits per heavy atom. The zero-order chi connectivity index (χ0) is 20.5.